The molecular formula is C25H33N3O6S. The van der Waals surface area contributed by atoms with Crippen LogP contribution in [0.4, 0.5) is 5.69 Å². The fourth-order valence-corrected chi connectivity index (χ4v) is 5.02. The molecule has 2 amide bonds. The molecule has 1 heterocycles. The predicted molar refractivity (Wildman–Crippen MR) is 134 cm³/mol. The van der Waals surface area contributed by atoms with Crippen LogP contribution in [0, 0.1) is 6.92 Å². The van der Waals surface area contributed by atoms with Gasteiger partial charge in [0.15, 0.2) is 11.5 Å². The fourth-order valence-electron chi connectivity index (χ4n) is 3.96. The van der Waals surface area contributed by atoms with Crippen molar-refractivity contribution >= 4 is 27.5 Å². The molecule has 1 aliphatic rings. The van der Waals surface area contributed by atoms with Crippen molar-refractivity contribution < 1.29 is 27.5 Å². The molecule has 0 radical (unpaired) electrons. The van der Waals surface area contributed by atoms with Gasteiger partial charge in [0.2, 0.25) is 21.8 Å². The molecule has 0 aromatic heterocycles. The molecule has 0 unspecified atom stereocenters. The smallest absolute Gasteiger partial charge is 0.244 e. The third-order valence-electron chi connectivity index (χ3n) is 6.03. The molecule has 2 aromatic carbocycles. The monoisotopic (exact) mass is 503 g/mol. The van der Waals surface area contributed by atoms with E-state index in [0.717, 1.165) is 15.4 Å². The second kappa shape index (κ2) is 11.4. The highest BCUT2D eigenvalue weighted by atomic mass is 32.2. The van der Waals surface area contributed by atoms with Crippen molar-refractivity contribution in [3.05, 3.63) is 53.6 Å². The zero-order valence-electron chi connectivity index (χ0n) is 20.6. The first-order valence-corrected chi connectivity index (χ1v) is 13.3. The van der Waals surface area contributed by atoms with Gasteiger partial charge in [-0.2, -0.15) is 0 Å². The molecule has 0 spiro atoms. The van der Waals surface area contributed by atoms with Crippen LogP contribution in [0.3, 0.4) is 0 Å². The van der Waals surface area contributed by atoms with E-state index in [-0.39, 0.29) is 18.2 Å². The summed E-state index contributed by atoms with van der Waals surface area (Å²) in [5.74, 6) is -0.0357. The van der Waals surface area contributed by atoms with E-state index in [1.54, 1.807) is 18.2 Å². The van der Waals surface area contributed by atoms with Gasteiger partial charge in [0.1, 0.15) is 25.8 Å². The van der Waals surface area contributed by atoms with Crippen molar-refractivity contribution in [3.63, 3.8) is 0 Å². The summed E-state index contributed by atoms with van der Waals surface area (Å²) in [6, 6.07) is 11.6. The average molecular weight is 504 g/mol. The Hall–Kier alpha value is -3.27. The van der Waals surface area contributed by atoms with E-state index in [4.69, 9.17) is 9.47 Å². The van der Waals surface area contributed by atoms with E-state index < -0.39 is 28.5 Å². The van der Waals surface area contributed by atoms with Gasteiger partial charge in [-0.15, -0.1) is 0 Å². The number of hydrogen-bond acceptors (Lipinski definition) is 6. The molecule has 10 heteroatoms. The van der Waals surface area contributed by atoms with E-state index >= 15 is 0 Å². The number of fused-ring (bicyclic) bond motifs is 1. The highest BCUT2D eigenvalue weighted by Gasteiger charge is 2.32. The van der Waals surface area contributed by atoms with Crippen LogP contribution in [0.25, 0.3) is 0 Å². The van der Waals surface area contributed by atoms with Gasteiger partial charge >= 0.3 is 0 Å². The Morgan fingerprint density at radius 1 is 1.06 bits per heavy atom. The lowest BCUT2D eigenvalue weighted by molar-refractivity contribution is -0.140. The van der Waals surface area contributed by atoms with E-state index in [1.807, 2.05) is 38.1 Å². The van der Waals surface area contributed by atoms with Crippen LogP contribution in [0.15, 0.2) is 42.5 Å². The lowest BCUT2D eigenvalue weighted by atomic mass is 10.1. The van der Waals surface area contributed by atoms with Crippen molar-refractivity contribution in [1.29, 1.82) is 0 Å². The summed E-state index contributed by atoms with van der Waals surface area (Å²) in [5, 5.41) is 2.62. The number of nitrogens with zero attached hydrogens (tertiary/aromatic N) is 2. The number of anilines is 1. The third kappa shape index (κ3) is 6.05. The summed E-state index contributed by atoms with van der Waals surface area (Å²) in [7, 11) is -2.30. The quantitative estimate of drug-likeness (QED) is 0.534. The summed E-state index contributed by atoms with van der Waals surface area (Å²) < 4.78 is 38.4. The van der Waals surface area contributed by atoms with Gasteiger partial charge < -0.3 is 19.7 Å². The van der Waals surface area contributed by atoms with E-state index in [0.29, 0.717) is 36.8 Å². The molecule has 2 aromatic rings. The van der Waals surface area contributed by atoms with Gasteiger partial charge in [-0.25, -0.2) is 8.42 Å². The zero-order valence-corrected chi connectivity index (χ0v) is 21.4. The first kappa shape index (κ1) is 26.3. The standard InChI is InChI=1S/C25H33N3O6S/c1-5-21(25(30)26-4)27(16-19-10-8-7-9-18(19)3)24(29)17-28(35(31,32)6-2)20-11-12-22-23(15-20)34-14-13-33-22/h7-12,15,21H,5-6,13-14,16-17H2,1-4H3,(H,26,30)/t21-/m0/s1. The van der Waals surface area contributed by atoms with Crippen molar-refractivity contribution in [1.82, 2.24) is 10.2 Å². The molecule has 0 saturated heterocycles. The van der Waals surface area contributed by atoms with Crippen LogP contribution in [-0.2, 0) is 26.2 Å². The minimum atomic E-state index is -3.82. The number of likely N-dealkylation sites (N-methyl/N-ethyl adjacent to an activating group) is 1. The normalized spacial score (nSPS) is 13.6. The lowest BCUT2D eigenvalue weighted by Crippen LogP contribution is -2.52. The van der Waals surface area contributed by atoms with Crippen molar-refractivity contribution in [2.24, 2.45) is 0 Å². The maximum absolute atomic E-state index is 13.7. The predicted octanol–water partition coefficient (Wildman–Crippen LogP) is 2.48. The highest BCUT2D eigenvalue weighted by molar-refractivity contribution is 7.92. The molecule has 35 heavy (non-hydrogen) atoms. The van der Waals surface area contributed by atoms with Crippen LogP contribution in [0.2, 0.25) is 0 Å². The first-order chi connectivity index (χ1) is 16.7. The molecule has 1 N–H and O–H groups in total. The molecule has 0 bridgehead atoms. The van der Waals surface area contributed by atoms with Crippen LogP contribution in [0.5, 0.6) is 11.5 Å². The summed E-state index contributed by atoms with van der Waals surface area (Å²) >= 11 is 0. The fraction of sp³-hybridized carbons (Fsp3) is 0.440. The van der Waals surface area contributed by atoms with Gasteiger partial charge in [-0.05, 0) is 43.5 Å². The van der Waals surface area contributed by atoms with Crippen LogP contribution < -0.4 is 19.1 Å². The zero-order chi connectivity index (χ0) is 25.6. The van der Waals surface area contributed by atoms with Gasteiger partial charge in [-0.1, -0.05) is 31.2 Å². The molecular weight excluding hydrogens is 470 g/mol. The molecule has 0 aliphatic carbocycles. The highest BCUT2D eigenvalue weighted by Crippen LogP contribution is 2.35. The van der Waals surface area contributed by atoms with Crippen molar-refractivity contribution in [3.8, 4) is 11.5 Å². The number of carbonyl (C=O) groups excluding carboxylic acids is 2. The van der Waals surface area contributed by atoms with E-state index in [9.17, 15) is 18.0 Å². The molecule has 1 aliphatic heterocycles. The Balaban J connectivity index is 1.99. The molecule has 3 rings (SSSR count). The van der Waals surface area contributed by atoms with Crippen molar-refractivity contribution in [2.45, 2.75) is 39.8 Å². The van der Waals surface area contributed by atoms with Crippen LogP contribution >= 0.6 is 0 Å². The maximum atomic E-state index is 13.7. The summed E-state index contributed by atoms with van der Waals surface area (Å²) in [4.78, 5) is 27.8. The minimum Gasteiger partial charge on any atom is -0.486 e. The van der Waals surface area contributed by atoms with E-state index in [2.05, 4.69) is 5.32 Å². The first-order valence-electron chi connectivity index (χ1n) is 11.7. The molecule has 190 valence electrons. The Morgan fingerprint density at radius 3 is 2.37 bits per heavy atom. The Bertz CT molecular complexity index is 1170. The SMILES string of the molecule is CC[C@@H](C(=O)NC)N(Cc1ccccc1C)C(=O)CN(c1ccc2c(c1)OCCO2)S(=O)(=O)CC. The topological polar surface area (TPSA) is 105 Å². The second-order valence-electron chi connectivity index (χ2n) is 8.22. The minimum absolute atomic E-state index is 0.179. The summed E-state index contributed by atoms with van der Waals surface area (Å²) in [6.07, 6.45) is 0.377. The largest absolute Gasteiger partial charge is 0.486 e. The van der Waals surface area contributed by atoms with E-state index in [1.165, 1.54) is 18.9 Å². The third-order valence-corrected chi connectivity index (χ3v) is 7.77. The number of hydrogen-bond donors (Lipinski definition) is 1. The average Bonchev–Trinajstić information content (AvgIpc) is 2.87. The molecule has 1 atom stereocenters. The lowest BCUT2D eigenvalue weighted by Gasteiger charge is -2.33. The Kier molecular flexibility index (Phi) is 8.61. The number of nitrogens with one attached hydrogen (secondary N) is 1. The van der Waals surface area contributed by atoms with Gasteiger partial charge in [0, 0.05) is 19.7 Å². The number of ether oxygens (including phenoxy) is 2. The number of sulfonamides is 1. The summed E-state index contributed by atoms with van der Waals surface area (Å²) in [6.45, 7) is 5.77. The molecule has 0 saturated carbocycles. The van der Waals surface area contributed by atoms with Gasteiger partial charge in [-0.3, -0.25) is 13.9 Å². The number of amides is 2. The summed E-state index contributed by atoms with van der Waals surface area (Å²) in [5.41, 5.74) is 2.16. The number of benzene rings is 2. The number of aryl methyl sites for hydroxylation is 1. The number of carbonyl (C=O) groups is 2. The van der Waals surface area contributed by atoms with Gasteiger partial charge in [0.25, 0.3) is 0 Å². The second-order valence-corrected chi connectivity index (χ2v) is 10.4. The van der Waals surface area contributed by atoms with Crippen LogP contribution in [-0.4, -0.2) is 63.7 Å². The van der Waals surface area contributed by atoms with Crippen LogP contribution in [0.1, 0.15) is 31.4 Å². The Labute approximate surface area is 207 Å². The van der Waals surface area contributed by atoms with Gasteiger partial charge in [0.05, 0.1) is 11.4 Å². The number of rotatable bonds is 10. The molecule has 9 nitrogen and oxygen atoms in total. The Morgan fingerprint density at radius 2 is 1.74 bits per heavy atom. The van der Waals surface area contributed by atoms with Crippen molar-refractivity contribution in [2.75, 3.05) is 36.9 Å². The maximum Gasteiger partial charge on any atom is 0.244 e. The molecule has 0 fully saturated rings.